The number of benzene rings is 1. The molecule has 66 valence electrons. The fourth-order valence-corrected chi connectivity index (χ4v) is 1.17. The lowest BCUT2D eigenvalue weighted by atomic mass is 10.1. The molecule has 2 N–H and O–H groups in total. The molecule has 0 aliphatic heterocycles. The van der Waals surface area contributed by atoms with Crippen LogP contribution in [0.25, 0.3) is 0 Å². The molecule has 0 atom stereocenters. The zero-order valence-electron chi connectivity index (χ0n) is 7.34. The fourth-order valence-electron chi connectivity index (χ4n) is 1.17. The summed E-state index contributed by atoms with van der Waals surface area (Å²) in [7, 11) is 3.74. The lowest BCUT2D eigenvalue weighted by Gasteiger charge is -2.16. The molecule has 0 aliphatic carbocycles. The Morgan fingerprint density at radius 1 is 1.42 bits per heavy atom. The van der Waals surface area contributed by atoms with Gasteiger partial charge in [0.25, 0.3) is 0 Å². The van der Waals surface area contributed by atoms with E-state index in [1.54, 1.807) is 6.07 Å². The predicted octanol–water partition coefficient (Wildman–Crippen LogP) is 1.35. The number of halogens is 1. The van der Waals surface area contributed by atoms with Crippen LogP contribution in [-0.2, 0) is 6.54 Å². The molecular weight excluding hydrogens is 155 g/mol. The van der Waals surface area contributed by atoms with Gasteiger partial charge in [-0.1, -0.05) is 6.07 Å². The van der Waals surface area contributed by atoms with E-state index in [1.165, 1.54) is 6.07 Å². The normalized spacial score (nSPS) is 10.0. The van der Waals surface area contributed by atoms with Gasteiger partial charge in [-0.25, -0.2) is 4.39 Å². The molecule has 0 aliphatic rings. The average Bonchev–Trinajstić information content (AvgIpc) is 2.03. The van der Waals surface area contributed by atoms with Crippen LogP contribution in [0.2, 0.25) is 0 Å². The summed E-state index contributed by atoms with van der Waals surface area (Å²) in [4.78, 5) is 1.85. The summed E-state index contributed by atoms with van der Waals surface area (Å²) >= 11 is 0. The topological polar surface area (TPSA) is 29.3 Å². The second-order valence-electron chi connectivity index (χ2n) is 2.84. The molecule has 0 fully saturated rings. The second-order valence-corrected chi connectivity index (χ2v) is 2.84. The molecule has 0 bridgehead atoms. The maximum Gasteiger partial charge on any atom is 0.129 e. The van der Waals surface area contributed by atoms with Gasteiger partial charge in [-0.2, -0.15) is 0 Å². The van der Waals surface area contributed by atoms with E-state index >= 15 is 0 Å². The third-order valence-corrected chi connectivity index (χ3v) is 1.78. The van der Waals surface area contributed by atoms with Gasteiger partial charge in [-0.15, -0.1) is 0 Å². The highest BCUT2D eigenvalue weighted by molar-refractivity contribution is 5.52. The third-order valence-electron chi connectivity index (χ3n) is 1.78. The van der Waals surface area contributed by atoms with E-state index in [-0.39, 0.29) is 12.4 Å². The summed E-state index contributed by atoms with van der Waals surface area (Å²) in [5.74, 6) is -0.233. The Balaban J connectivity index is 3.18. The molecular formula is C9H13FN2. The van der Waals surface area contributed by atoms with Gasteiger partial charge in [-0.3, -0.25) is 0 Å². The van der Waals surface area contributed by atoms with Crippen molar-refractivity contribution in [2.24, 2.45) is 5.73 Å². The Morgan fingerprint density at radius 3 is 2.50 bits per heavy atom. The number of hydrogen-bond acceptors (Lipinski definition) is 2. The van der Waals surface area contributed by atoms with Gasteiger partial charge in [0.15, 0.2) is 0 Å². The van der Waals surface area contributed by atoms with Crippen LogP contribution in [0.5, 0.6) is 0 Å². The van der Waals surface area contributed by atoms with Crippen molar-refractivity contribution in [3.8, 4) is 0 Å². The van der Waals surface area contributed by atoms with E-state index in [2.05, 4.69) is 0 Å². The summed E-state index contributed by atoms with van der Waals surface area (Å²) in [6.07, 6.45) is 0. The summed E-state index contributed by atoms with van der Waals surface area (Å²) in [6, 6.07) is 4.96. The summed E-state index contributed by atoms with van der Waals surface area (Å²) in [5.41, 5.74) is 6.84. The molecule has 0 radical (unpaired) electrons. The quantitative estimate of drug-likeness (QED) is 0.722. The minimum absolute atomic E-state index is 0.233. The molecule has 12 heavy (non-hydrogen) atoms. The lowest BCUT2D eigenvalue weighted by molar-refractivity contribution is 0.610. The third kappa shape index (κ3) is 1.56. The molecule has 1 aromatic rings. The van der Waals surface area contributed by atoms with Crippen LogP contribution in [-0.4, -0.2) is 14.1 Å². The highest BCUT2D eigenvalue weighted by atomic mass is 19.1. The van der Waals surface area contributed by atoms with Crippen LogP contribution in [0.3, 0.4) is 0 Å². The Hall–Kier alpha value is -1.09. The van der Waals surface area contributed by atoms with Crippen molar-refractivity contribution in [1.29, 1.82) is 0 Å². The number of nitrogens with zero attached hydrogens (tertiary/aromatic N) is 1. The van der Waals surface area contributed by atoms with Crippen molar-refractivity contribution >= 4 is 5.69 Å². The Bertz CT molecular complexity index is 271. The predicted molar refractivity (Wildman–Crippen MR) is 48.6 cm³/mol. The monoisotopic (exact) mass is 168 g/mol. The first-order chi connectivity index (χ1) is 5.66. The summed E-state index contributed by atoms with van der Waals surface area (Å²) in [6.45, 7) is 0.236. The number of hydrogen-bond donors (Lipinski definition) is 1. The van der Waals surface area contributed by atoms with Gasteiger partial charge >= 0.3 is 0 Å². The van der Waals surface area contributed by atoms with Crippen molar-refractivity contribution in [2.75, 3.05) is 19.0 Å². The zero-order chi connectivity index (χ0) is 9.14. The second kappa shape index (κ2) is 3.54. The van der Waals surface area contributed by atoms with E-state index in [9.17, 15) is 4.39 Å². The first kappa shape index (κ1) is 9.00. The summed E-state index contributed by atoms with van der Waals surface area (Å²) in [5, 5.41) is 0. The maximum atomic E-state index is 13.1. The smallest absolute Gasteiger partial charge is 0.129 e. The molecule has 0 heterocycles. The van der Waals surface area contributed by atoms with Crippen LogP contribution in [0.4, 0.5) is 10.1 Å². The van der Waals surface area contributed by atoms with Gasteiger partial charge in [0.1, 0.15) is 5.82 Å². The van der Waals surface area contributed by atoms with Crippen molar-refractivity contribution in [1.82, 2.24) is 0 Å². The van der Waals surface area contributed by atoms with E-state index in [0.717, 1.165) is 5.69 Å². The van der Waals surface area contributed by atoms with E-state index in [4.69, 9.17) is 5.73 Å². The molecule has 0 saturated heterocycles. The van der Waals surface area contributed by atoms with Crippen molar-refractivity contribution in [3.63, 3.8) is 0 Å². The molecule has 0 saturated carbocycles. The lowest BCUT2D eigenvalue weighted by Crippen LogP contribution is -2.14. The average molecular weight is 168 g/mol. The molecule has 0 amide bonds. The molecule has 2 nitrogen and oxygen atoms in total. The van der Waals surface area contributed by atoms with Gasteiger partial charge < -0.3 is 10.6 Å². The summed E-state index contributed by atoms with van der Waals surface area (Å²) < 4.78 is 13.1. The van der Waals surface area contributed by atoms with Gasteiger partial charge in [0.05, 0.1) is 0 Å². The van der Waals surface area contributed by atoms with Crippen LogP contribution in [0.15, 0.2) is 18.2 Å². The Kier molecular flexibility index (Phi) is 2.65. The molecule has 3 heteroatoms. The Morgan fingerprint density at radius 2 is 2.08 bits per heavy atom. The van der Waals surface area contributed by atoms with Gasteiger partial charge in [-0.05, 0) is 12.1 Å². The van der Waals surface area contributed by atoms with Crippen LogP contribution < -0.4 is 10.6 Å². The van der Waals surface area contributed by atoms with Gasteiger partial charge in [0.2, 0.25) is 0 Å². The standard InChI is InChI=1S/C9H13FN2/c1-12(2)9-5-3-4-8(10)7(9)6-11/h3-5H,6,11H2,1-2H3. The molecule has 0 unspecified atom stereocenters. The fraction of sp³-hybridized carbons (Fsp3) is 0.333. The maximum absolute atomic E-state index is 13.1. The minimum Gasteiger partial charge on any atom is -0.377 e. The van der Waals surface area contributed by atoms with Crippen LogP contribution in [0.1, 0.15) is 5.56 Å². The molecule has 0 spiro atoms. The highest BCUT2D eigenvalue weighted by Gasteiger charge is 2.06. The van der Waals surface area contributed by atoms with Crippen LogP contribution in [0, 0.1) is 5.82 Å². The van der Waals surface area contributed by atoms with Gasteiger partial charge in [0, 0.05) is 31.9 Å². The largest absolute Gasteiger partial charge is 0.377 e. The first-order valence-electron chi connectivity index (χ1n) is 3.81. The van der Waals surface area contributed by atoms with E-state index in [1.807, 2.05) is 25.1 Å². The molecule has 1 rings (SSSR count). The first-order valence-corrected chi connectivity index (χ1v) is 3.81. The van der Waals surface area contributed by atoms with E-state index in [0.29, 0.717) is 5.56 Å². The number of anilines is 1. The van der Waals surface area contributed by atoms with Crippen LogP contribution >= 0.6 is 0 Å². The van der Waals surface area contributed by atoms with Crippen molar-refractivity contribution in [2.45, 2.75) is 6.54 Å². The number of rotatable bonds is 2. The molecule has 1 aromatic carbocycles. The Labute approximate surface area is 71.8 Å². The van der Waals surface area contributed by atoms with Crippen molar-refractivity contribution < 1.29 is 4.39 Å². The number of nitrogens with two attached hydrogens (primary N) is 1. The zero-order valence-corrected chi connectivity index (χ0v) is 7.34. The minimum atomic E-state index is -0.233. The SMILES string of the molecule is CN(C)c1cccc(F)c1CN. The highest BCUT2D eigenvalue weighted by Crippen LogP contribution is 2.20. The van der Waals surface area contributed by atoms with E-state index < -0.39 is 0 Å². The molecule has 0 aromatic heterocycles. The van der Waals surface area contributed by atoms with Crippen molar-refractivity contribution in [3.05, 3.63) is 29.6 Å².